The van der Waals surface area contributed by atoms with Crippen LogP contribution in [-0.2, 0) is 27.3 Å². The number of hydrogen-bond acceptors (Lipinski definition) is 4. The van der Waals surface area contributed by atoms with Crippen LogP contribution in [-0.4, -0.2) is 36.2 Å². The third-order valence-electron chi connectivity index (χ3n) is 4.41. The molecule has 3 rings (SSSR count). The number of benzene rings is 2. The number of imide groups is 1. The summed E-state index contributed by atoms with van der Waals surface area (Å²) in [5.41, 5.74) is 2.12. The van der Waals surface area contributed by atoms with Crippen molar-refractivity contribution < 1.29 is 19.1 Å². The van der Waals surface area contributed by atoms with Gasteiger partial charge in [-0.3, -0.25) is 4.79 Å². The molecule has 1 aliphatic rings. The fraction of sp³-hybridized carbons (Fsp3) is 0.333. The molecule has 0 unspecified atom stereocenters. The molecule has 0 N–H and O–H groups in total. The Hall–Kier alpha value is -2.66. The van der Waals surface area contributed by atoms with Gasteiger partial charge in [-0.1, -0.05) is 67.6 Å². The van der Waals surface area contributed by atoms with Gasteiger partial charge in [0.05, 0.1) is 25.2 Å². The minimum absolute atomic E-state index is 0.233. The minimum atomic E-state index is -0.564. The van der Waals surface area contributed by atoms with Crippen LogP contribution >= 0.6 is 0 Å². The lowest BCUT2D eigenvalue weighted by Gasteiger charge is -2.23. The quantitative estimate of drug-likeness (QED) is 0.765. The lowest BCUT2D eigenvalue weighted by atomic mass is 10.0. The first-order valence-electron chi connectivity index (χ1n) is 8.80. The summed E-state index contributed by atoms with van der Waals surface area (Å²) in [5.74, 6) is -0.663. The number of carbonyl (C=O) groups excluding carboxylic acids is 2. The van der Waals surface area contributed by atoms with Gasteiger partial charge in [-0.25, -0.2) is 9.69 Å². The Labute approximate surface area is 153 Å². The Morgan fingerprint density at radius 3 is 2.38 bits per heavy atom. The van der Waals surface area contributed by atoms with Gasteiger partial charge in [-0.15, -0.1) is 0 Å². The summed E-state index contributed by atoms with van der Waals surface area (Å²) in [6.07, 6.45) is 0.0291. The van der Waals surface area contributed by atoms with Crippen LogP contribution in [0.4, 0.5) is 4.79 Å². The van der Waals surface area contributed by atoms with Crippen molar-refractivity contribution in [3.63, 3.8) is 0 Å². The van der Waals surface area contributed by atoms with Gasteiger partial charge in [0.1, 0.15) is 6.61 Å². The minimum Gasteiger partial charge on any atom is -0.447 e. The standard InChI is InChI=1S/C21H23NO4/c1-16(13-25-14-18-10-6-3-7-11-18)20(23)22-19(15-26-21(22)24)12-17-8-4-2-5-9-17/h2-11,16,19H,12-15H2,1H3/t16-,19+/m1/s1. The van der Waals surface area contributed by atoms with Gasteiger partial charge in [0, 0.05) is 0 Å². The third kappa shape index (κ3) is 4.49. The molecule has 5 nitrogen and oxygen atoms in total. The van der Waals surface area contributed by atoms with E-state index in [0.717, 1.165) is 11.1 Å². The molecular formula is C21H23NO4. The largest absolute Gasteiger partial charge is 0.447 e. The molecular weight excluding hydrogens is 330 g/mol. The second-order valence-corrected chi connectivity index (χ2v) is 6.53. The summed E-state index contributed by atoms with van der Waals surface area (Å²) in [7, 11) is 0. The van der Waals surface area contributed by atoms with Crippen molar-refractivity contribution >= 4 is 12.0 Å². The lowest BCUT2D eigenvalue weighted by molar-refractivity contribution is -0.135. The van der Waals surface area contributed by atoms with Crippen molar-refractivity contribution in [1.82, 2.24) is 4.90 Å². The number of hydrogen-bond donors (Lipinski definition) is 0. The van der Waals surface area contributed by atoms with Crippen LogP contribution in [0.25, 0.3) is 0 Å². The third-order valence-corrected chi connectivity index (χ3v) is 4.41. The first-order valence-corrected chi connectivity index (χ1v) is 8.80. The van der Waals surface area contributed by atoms with Crippen molar-refractivity contribution in [2.75, 3.05) is 13.2 Å². The molecule has 136 valence electrons. The summed E-state index contributed by atoms with van der Waals surface area (Å²) in [5, 5.41) is 0. The van der Waals surface area contributed by atoms with E-state index >= 15 is 0 Å². The van der Waals surface area contributed by atoms with Crippen LogP contribution in [0, 0.1) is 5.92 Å². The summed E-state index contributed by atoms with van der Waals surface area (Å²) >= 11 is 0. The molecule has 2 atom stereocenters. The Morgan fingerprint density at radius 1 is 1.12 bits per heavy atom. The smallest absolute Gasteiger partial charge is 0.416 e. The van der Waals surface area contributed by atoms with Crippen molar-refractivity contribution in [2.24, 2.45) is 5.92 Å². The lowest BCUT2D eigenvalue weighted by Crippen LogP contribution is -2.44. The van der Waals surface area contributed by atoms with E-state index in [-0.39, 0.29) is 25.2 Å². The number of amides is 2. The highest BCUT2D eigenvalue weighted by Crippen LogP contribution is 2.20. The van der Waals surface area contributed by atoms with E-state index in [1.807, 2.05) is 60.7 Å². The Kier molecular flexibility index (Phi) is 6.02. The number of cyclic esters (lactones) is 1. The van der Waals surface area contributed by atoms with Gasteiger partial charge >= 0.3 is 6.09 Å². The van der Waals surface area contributed by atoms with E-state index < -0.39 is 12.0 Å². The molecule has 5 heteroatoms. The molecule has 2 amide bonds. The SMILES string of the molecule is C[C@H](COCc1ccccc1)C(=O)N1C(=O)OC[C@@H]1Cc1ccccc1. The van der Waals surface area contributed by atoms with E-state index in [1.165, 1.54) is 4.90 Å². The van der Waals surface area contributed by atoms with E-state index in [2.05, 4.69) is 0 Å². The fourth-order valence-electron chi connectivity index (χ4n) is 3.00. The van der Waals surface area contributed by atoms with E-state index in [0.29, 0.717) is 13.0 Å². The van der Waals surface area contributed by atoms with Gasteiger partial charge in [0.15, 0.2) is 0 Å². The van der Waals surface area contributed by atoms with Crippen LogP contribution in [0.5, 0.6) is 0 Å². The first kappa shape index (κ1) is 18.1. The first-order chi connectivity index (χ1) is 12.6. The highest BCUT2D eigenvalue weighted by molar-refractivity contribution is 5.94. The predicted molar refractivity (Wildman–Crippen MR) is 97.4 cm³/mol. The molecule has 0 bridgehead atoms. The van der Waals surface area contributed by atoms with Crippen LogP contribution in [0.3, 0.4) is 0 Å². The zero-order chi connectivity index (χ0) is 18.4. The second-order valence-electron chi connectivity index (χ2n) is 6.53. The average Bonchev–Trinajstić information content (AvgIpc) is 3.03. The second kappa shape index (κ2) is 8.63. The van der Waals surface area contributed by atoms with Crippen LogP contribution < -0.4 is 0 Å². The van der Waals surface area contributed by atoms with E-state index in [1.54, 1.807) is 6.92 Å². The Morgan fingerprint density at radius 2 is 1.73 bits per heavy atom. The molecule has 1 fully saturated rings. The molecule has 1 saturated heterocycles. The average molecular weight is 353 g/mol. The maximum absolute atomic E-state index is 12.7. The number of carbonyl (C=O) groups is 2. The van der Waals surface area contributed by atoms with E-state index in [9.17, 15) is 9.59 Å². The molecule has 0 saturated carbocycles. The fourth-order valence-corrected chi connectivity index (χ4v) is 3.00. The van der Waals surface area contributed by atoms with Crippen molar-refractivity contribution in [2.45, 2.75) is 26.0 Å². The maximum atomic E-state index is 12.7. The highest BCUT2D eigenvalue weighted by Gasteiger charge is 2.39. The topological polar surface area (TPSA) is 55.8 Å². The highest BCUT2D eigenvalue weighted by atomic mass is 16.6. The van der Waals surface area contributed by atoms with Gasteiger partial charge in [0.2, 0.25) is 5.91 Å². The monoisotopic (exact) mass is 353 g/mol. The molecule has 1 aliphatic heterocycles. The zero-order valence-electron chi connectivity index (χ0n) is 14.8. The Bertz CT molecular complexity index is 732. The molecule has 0 radical (unpaired) electrons. The van der Waals surface area contributed by atoms with Crippen LogP contribution in [0.1, 0.15) is 18.1 Å². The summed E-state index contributed by atoms with van der Waals surface area (Å²) in [6.45, 7) is 2.71. The zero-order valence-corrected chi connectivity index (χ0v) is 14.8. The maximum Gasteiger partial charge on any atom is 0.416 e. The molecule has 1 heterocycles. The van der Waals surface area contributed by atoms with Crippen molar-refractivity contribution in [3.05, 3.63) is 71.8 Å². The summed E-state index contributed by atoms with van der Waals surface area (Å²) in [4.78, 5) is 26.1. The molecule has 2 aromatic rings. The van der Waals surface area contributed by atoms with Gasteiger partial charge in [0.25, 0.3) is 0 Å². The van der Waals surface area contributed by atoms with Crippen LogP contribution in [0.15, 0.2) is 60.7 Å². The summed E-state index contributed by atoms with van der Waals surface area (Å²) in [6, 6.07) is 19.3. The van der Waals surface area contributed by atoms with Gasteiger partial charge in [-0.2, -0.15) is 0 Å². The van der Waals surface area contributed by atoms with E-state index in [4.69, 9.17) is 9.47 Å². The number of nitrogens with zero attached hydrogens (tertiary/aromatic N) is 1. The van der Waals surface area contributed by atoms with Crippen LogP contribution in [0.2, 0.25) is 0 Å². The predicted octanol–water partition coefficient (Wildman–Crippen LogP) is 3.43. The van der Waals surface area contributed by atoms with Crippen molar-refractivity contribution in [3.8, 4) is 0 Å². The Balaban J connectivity index is 1.56. The molecule has 0 aromatic heterocycles. The number of ether oxygens (including phenoxy) is 2. The summed E-state index contributed by atoms with van der Waals surface area (Å²) < 4.78 is 10.8. The van der Waals surface area contributed by atoms with Gasteiger partial charge in [-0.05, 0) is 17.5 Å². The van der Waals surface area contributed by atoms with Crippen molar-refractivity contribution in [1.29, 1.82) is 0 Å². The molecule has 0 spiro atoms. The van der Waals surface area contributed by atoms with Gasteiger partial charge < -0.3 is 9.47 Å². The molecule has 26 heavy (non-hydrogen) atoms. The molecule has 2 aromatic carbocycles. The normalized spacial score (nSPS) is 17.8. The number of rotatable bonds is 7. The molecule has 0 aliphatic carbocycles.